The number of nitrogens with one attached hydrogen (secondary N) is 1. The first-order valence-corrected chi connectivity index (χ1v) is 5.77. The number of aliphatic hydroxyl groups excluding tert-OH is 1. The minimum absolute atomic E-state index is 0.216. The highest BCUT2D eigenvalue weighted by Crippen LogP contribution is 2.37. The van der Waals surface area contributed by atoms with Crippen LogP contribution in [0, 0.1) is 0 Å². The van der Waals surface area contributed by atoms with Crippen LogP contribution in [0.1, 0.15) is 26.7 Å². The molecule has 0 radical (unpaired) electrons. The summed E-state index contributed by atoms with van der Waals surface area (Å²) in [6.07, 6.45) is 2.10. The van der Waals surface area contributed by atoms with Crippen LogP contribution in [0.15, 0.2) is 0 Å². The minimum Gasteiger partial charge on any atom is -0.396 e. The lowest BCUT2D eigenvalue weighted by molar-refractivity contribution is 0.211. The first-order chi connectivity index (χ1) is 5.75. The van der Waals surface area contributed by atoms with E-state index in [2.05, 4.69) is 19.2 Å². The molecule has 1 rings (SSSR count). The van der Waals surface area contributed by atoms with Crippen LogP contribution in [-0.2, 0) is 0 Å². The van der Waals surface area contributed by atoms with E-state index in [1.807, 2.05) is 11.8 Å². The van der Waals surface area contributed by atoms with Crippen molar-refractivity contribution in [2.45, 2.75) is 37.5 Å². The number of aliphatic hydroxyl groups is 1. The lowest BCUT2D eigenvalue weighted by atomic mass is 9.89. The lowest BCUT2D eigenvalue weighted by Crippen LogP contribution is -2.50. The third-order valence-corrected chi connectivity index (χ3v) is 4.17. The summed E-state index contributed by atoms with van der Waals surface area (Å²) in [5.74, 6) is 1.23. The first kappa shape index (κ1) is 10.4. The maximum atomic E-state index is 8.99. The van der Waals surface area contributed by atoms with Gasteiger partial charge in [-0.2, -0.15) is 11.8 Å². The van der Waals surface area contributed by atoms with Crippen molar-refractivity contribution in [3.63, 3.8) is 0 Å². The number of hydrogen-bond acceptors (Lipinski definition) is 3. The lowest BCUT2D eigenvalue weighted by Gasteiger charge is -2.33. The van der Waals surface area contributed by atoms with Gasteiger partial charge >= 0.3 is 0 Å². The third kappa shape index (κ3) is 1.95. The van der Waals surface area contributed by atoms with Crippen LogP contribution in [-0.4, -0.2) is 34.8 Å². The van der Waals surface area contributed by atoms with Crippen molar-refractivity contribution in [3.8, 4) is 0 Å². The second-order valence-corrected chi connectivity index (χ2v) is 4.87. The molecule has 3 heteroatoms. The molecular weight excluding hydrogens is 170 g/mol. The van der Waals surface area contributed by atoms with E-state index >= 15 is 0 Å². The van der Waals surface area contributed by atoms with Gasteiger partial charge in [-0.1, -0.05) is 13.8 Å². The Morgan fingerprint density at radius 1 is 1.67 bits per heavy atom. The predicted molar refractivity (Wildman–Crippen MR) is 54.6 cm³/mol. The van der Waals surface area contributed by atoms with Crippen LogP contribution >= 0.6 is 11.8 Å². The maximum Gasteiger partial charge on any atom is 0.0449 e. The summed E-state index contributed by atoms with van der Waals surface area (Å²) in [4.78, 5) is 0. The highest BCUT2D eigenvalue weighted by atomic mass is 32.2. The quantitative estimate of drug-likeness (QED) is 0.698. The second-order valence-electron chi connectivity index (χ2n) is 3.42. The van der Waals surface area contributed by atoms with Crippen molar-refractivity contribution < 1.29 is 5.11 Å². The maximum absolute atomic E-state index is 8.99. The Morgan fingerprint density at radius 2 is 2.42 bits per heavy atom. The zero-order valence-electron chi connectivity index (χ0n) is 7.97. The Kier molecular flexibility index (Phi) is 3.87. The van der Waals surface area contributed by atoms with Gasteiger partial charge in [0.25, 0.3) is 0 Å². The molecule has 1 aliphatic rings. The van der Waals surface area contributed by atoms with Gasteiger partial charge < -0.3 is 10.4 Å². The van der Waals surface area contributed by atoms with Crippen molar-refractivity contribution in [3.05, 3.63) is 0 Å². The summed E-state index contributed by atoms with van der Waals surface area (Å²) in [6, 6.07) is 0. The van der Waals surface area contributed by atoms with E-state index < -0.39 is 0 Å². The first-order valence-electron chi connectivity index (χ1n) is 4.72. The van der Waals surface area contributed by atoms with Crippen molar-refractivity contribution >= 4 is 11.8 Å². The summed E-state index contributed by atoms with van der Waals surface area (Å²) in [5, 5.41) is 13.2. The van der Waals surface area contributed by atoms with Crippen LogP contribution in [0.25, 0.3) is 0 Å². The van der Waals surface area contributed by atoms with Crippen molar-refractivity contribution in [1.82, 2.24) is 5.32 Å². The van der Waals surface area contributed by atoms with Gasteiger partial charge in [-0.05, 0) is 25.1 Å². The summed E-state index contributed by atoms with van der Waals surface area (Å²) < 4.78 is 0. The molecule has 1 heterocycles. The van der Waals surface area contributed by atoms with Gasteiger partial charge in [-0.3, -0.25) is 0 Å². The Bertz CT molecular complexity index is 134. The van der Waals surface area contributed by atoms with Gasteiger partial charge in [0.15, 0.2) is 0 Å². The molecular formula is C9H19NOS. The third-order valence-electron chi connectivity index (χ3n) is 2.78. The van der Waals surface area contributed by atoms with Gasteiger partial charge in [0.1, 0.15) is 0 Å². The van der Waals surface area contributed by atoms with Gasteiger partial charge in [-0.25, -0.2) is 0 Å². The molecule has 0 bridgehead atoms. The second kappa shape index (κ2) is 4.49. The highest BCUT2D eigenvalue weighted by molar-refractivity contribution is 8.00. The van der Waals surface area contributed by atoms with E-state index in [9.17, 15) is 0 Å². The van der Waals surface area contributed by atoms with Crippen LogP contribution < -0.4 is 5.32 Å². The molecule has 0 aromatic rings. The Morgan fingerprint density at radius 3 is 2.83 bits per heavy atom. The van der Waals surface area contributed by atoms with Crippen molar-refractivity contribution in [2.24, 2.45) is 0 Å². The molecule has 1 saturated heterocycles. The van der Waals surface area contributed by atoms with Crippen LogP contribution in [0.2, 0.25) is 0 Å². The summed E-state index contributed by atoms with van der Waals surface area (Å²) in [7, 11) is 0. The number of hydrogen-bond donors (Lipinski definition) is 2. The smallest absolute Gasteiger partial charge is 0.0449 e. The normalized spacial score (nSPS) is 35.8. The molecule has 0 spiro atoms. The Balaban J connectivity index is 2.57. The van der Waals surface area contributed by atoms with E-state index in [-0.39, 0.29) is 5.54 Å². The van der Waals surface area contributed by atoms with Gasteiger partial charge in [-0.15, -0.1) is 0 Å². The molecule has 1 fully saturated rings. The fourth-order valence-electron chi connectivity index (χ4n) is 1.98. The summed E-state index contributed by atoms with van der Waals surface area (Å²) in [5.41, 5.74) is 0.216. The highest BCUT2D eigenvalue weighted by Gasteiger charge is 2.39. The molecule has 0 amide bonds. The topological polar surface area (TPSA) is 32.3 Å². The molecule has 2 nitrogen and oxygen atoms in total. The number of thioether (sulfide) groups is 1. The molecule has 0 aromatic heterocycles. The van der Waals surface area contributed by atoms with Crippen LogP contribution in [0.3, 0.4) is 0 Å². The number of rotatable bonds is 4. The standard InChI is InChI=1S/C9H19NOS/c1-3-10-9(4-6-11)5-7-12-8(9)2/h8,10-11H,3-7H2,1-2H3. The average molecular weight is 189 g/mol. The summed E-state index contributed by atoms with van der Waals surface area (Å²) in [6.45, 7) is 5.70. The molecule has 1 aliphatic heterocycles. The molecule has 72 valence electrons. The van der Waals surface area contributed by atoms with Crippen molar-refractivity contribution in [1.29, 1.82) is 0 Å². The molecule has 12 heavy (non-hydrogen) atoms. The van der Waals surface area contributed by atoms with Crippen LogP contribution in [0.4, 0.5) is 0 Å². The largest absolute Gasteiger partial charge is 0.396 e. The molecule has 2 N–H and O–H groups in total. The summed E-state index contributed by atoms with van der Waals surface area (Å²) >= 11 is 2.01. The zero-order chi connectivity index (χ0) is 9.03. The Labute approximate surface area is 79.1 Å². The SMILES string of the molecule is CCNC1(CCO)CCSC1C. The molecule has 2 unspecified atom stereocenters. The Hall–Kier alpha value is 0.270. The average Bonchev–Trinajstić information content (AvgIpc) is 2.35. The predicted octanol–water partition coefficient (Wildman–Crippen LogP) is 1.24. The van der Waals surface area contributed by atoms with Gasteiger partial charge in [0, 0.05) is 17.4 Å². The van der Waals surface area contributed by atoms with E-state index in [1.54, 1.807) is 0 Å². The molecule has 0 aromatic carbocycles. The minimum atomic E-state index is 0.216. The van der Waals surface area contributed by atoms with Crippen LogP contribution in [0.5, 0.6) is 0 Å². The van der Waals surface area contributed by atoms with E-state index in [0.717, 1.165) is 13.0 Å². The van der Waals surface area contributed by atoms with Crippen molar-refractivity contribution in [2.75, 3.05) is 18.9 Å². The monoisotopic (exact) mass is 189 g/mol. The van der Waals surface area contributed by atoms with E-state index in [4.69, 9.17) is 5.11 Å². The molecule has 0 saturated carbocycles. The zero-order valence-corrected chi connectivity index (χ0v) is 8.78. The van der Waals surface area contributed by atoms with E-state index in [1.165, 1.54) is 12.2 Å². The fraction of sp³-hybridized carbons (Fsp3) is 1.00. The van der Waals surface area contributed by atoms with Gasteiger partial charge in [0.05, 0.1) is 0 Å². The fourth-order valence-corrected chi connectivity index (χ4v) is 3.45. The van der Waals surface area contributed by atoms with Gasteiger partial charge in [0.2, 0.25) is 0 Å². The molecule has 0 aliphatic carbocycles. The van der Waals surface area contributed by atoms with E-state index in [0.29, 0.717) is 11.9 Å². The molecule has 2 atom stereocenters.